The van der Waals surface area contributed by atoms with Crippen LogP contribution in [-0.2, 0) is 11.2 Å². The molecule has 0 N–H and O–H groups in total. The number of hydrogen-bond acceptors (Lipinski definition) is 3. The van der Waals surface area contributed by atoms with Crippen molar-refractivity contribution in [3.05, 3.63) is 181 Å². The second-order valence-corrected chi connectivity index (χ2v) is 10.6. The van der Waals surface area contributed by atoms with E-state index in [0.29, 0.717) is 19.8 Å². The van der Waals surface area contributed by atoms with E-state index in [-0.39, 0.29) is 0 Å². The van der Waals surface area contributed by atoms with Gasteiger partial charge in [0.1, 0.15) is 12.4 Å². The fourth-order valence-electron chi connectivity index (χ4n) is 5.03. The molecule has 0 heterocycles. The number of aryl methyl sites for hydroxylation is 1. The number of ether oxygens (including phenoxy) is 2. The van der Waals surface area contributed by atoms with Gasteiger partial charge in [0.15, 0.2) is 0 Å². The highest BCUT2D eigenvalue weighted by Gasteiger charge is 2.13. The van der Waals surface area contributed by atoms with E-state index in [1.807, 2.05) is 18.2 Å². The summed E-state index contributed by atoms with van der Waals surface area (Å²) in [5.41, 5.74) is 10.4. The predicted molar refractivity (Wildman–Crippen MR) is 186 cm³/mol. The quantitative estimate of drug-likeness (QED) is 0.0744. The molecule has 0 spiro atoms. The van der Waals surface area contributed by atoms with Gasteiger partial charge in [-0.1, -0.05) is 103 Å². The van der Waals surface area contributed by atoms with E-state index >= 15 is 0 Å². The van der Waals surface area contributed by atoms with Gasteiger partial charge in [-0.05, 0) is 95.8 Å². The van der Waals surface area contributed by atoms with Crippen LogP contribution in [0.15, 0.2) is 153 Å². The van der Waals surface area contributed by atoms with Crippen molar-refractivity contribution in [1.29, 1.82) is 0 Å². The van der Waals surface area contributed by atoms with Gasteiger partial charge in [-0.3, -0.25) is 0 Å². The highest BCUT2D eigenvalue weighted by molar-refractivity contribution is 5.92. The minimum Gasteiger partial charge on any atom is -0.490 e. The van der Waals surface area contributed by atoms with Gasteiger partial charge >= 0.3 is 0 Å². The number of benzene rings is 5. The summed E-state index contributed by atoms with van der Waals surface area (Å²) in [6.45, 7) is 11.3. The average molecular weight is 578 g/mol. The van der Waals surface area contributed by atoms with Gasteiger partial charge in [0.25, 0.3) is 0 Å². The minimum absolute atomic E-state index is 0.488. The van der Waals surface area contributed by atoms with E-state index in [9.17, 15) is 0 Å². The van der Waals surface area contributed by atoms with E-state index in [4.69, 9.17) is 9.47 Å². The van der Waals surface area contributed by atoms with E-state index in [1.54, 1.807) is 12.2 Å². The first kappa shape index (κ1) is 30.3. The van der Waals surface area contributed by atoms with Crippen molar-refractivity contribution in [2.24, 2.45) is 0 Å². The van der Waals surface area contributed by atoms with Crippen molar-refractivity contribution < 1.29 is 9.47 Å². The van der Waals surface area contributed by atoms with E-state index in [2.05, 4.69) is 140 Å². The maximum absolute atomic E-state index is 5.71. The molecule has 0 aliphatic rings. The molecule has 0 bridgehead atoms. The van der Waals surface area contributed by atoms with Gasteiger partial charge in [0, 0.05) is 17.1 Å². The molecule has 3 heteroatoms. The molecular weight excluding hydrogens is 538 g/mol. The summed E-state index contributed by atoms with van der Waals surface area (Å²) in [7, 11) is 0. The van der Waals surface area contributed by atoms with Gasteiger partial charge in [0.2, 0.25) is 0 Å². The number of rotatable bonds is 14. The molecule has 3 nitrogen and oxygen atoms in total. The second kappa shape index (κ2) is 15.4. The monoisotopic (exact) mass is 577 g/mol. The molecule has 0 amide bonds. The van der Waals surface area contributed by atoms with E-state index in [0.717, 1.165) is 51.5 Å². The Morgan fingerprint density at radius 1 is 0.636 bits per heavy atom. The molecule has 5 aromatic rings. The molecule has 0 saturated heterocycles. The highest BCUT2D eigenvalue weighted by Crippen LogP contribution is 2.35. The van der Waals surface area contributed by atoms with Crippen molar-refractivity contribution >= 4 is 28.7 Å². The van der Waals surface area contributed by atoms with Gasteiger partial charge in [0.05, 0.1) is 13.2 Å². The lowest BCUT2D eigenvalue weighted by atomic mass is 9.95. The standard InChI is InChI=1S/C41H39NO2/c1-4-28-43-30-27-33-13-21-38(22-14-33)42(37-19-11-32(3)12-20-37)39-23-15-34(16-24-39)31-41(35-9-7-6-8-10-35)36-17-25-40(26-18-36)44-29-5-2/h4-26,31H,1-2,27-30H2,3H3. The molecule has 0 radical (unpaired) electrons. The normalized spacial score (nSPS) is 11.2. The van der Waals surface area contributed by atoms with Crippen LogP contribution in [0.1, 0.15) is 27.8 Å². The van der Waals surface area contributed by atoms with Crippen LogP contribution in [0.2, 0.25) is 0 Å². The molecule has 0 aromatic heterocycles. The fourth-order valence-corrected chi connectivity index (χ4v) is 5.03. The Kier molecular flexibility index (Phi) is 10.6. The Hall–Kier alpha value is -5.12. The molecular formula is C41H39NO2. The predicted octanol–water partition coefficient (Wildman–Crippen LogP) is 10.4. The van der Waals surface area contributed by atoms with Gasteiger partial charge in [-0.25, -0.2) is 0 Å². The Morgan fingerprint density at radius 3 is 1.82 bits per heavy atom. The first-order chi connectivity index (χ1) is 21.6. The van der Waals surface area contributed by atoms with Crippen molar-refractivity contribution in [2.75, 3.05) is 24.7 Å². The molecule has 0 atom stereocenters. The van der Waals surface area contributed by atoms with Crippen molar-refractivity contribution in [1.82, 2.24) is 0 Å². The number of nitrogens with zero attached hydrogens (tertiary/aromatic N) is 1. The molecule has 0 saturated carbocycles. The van der Waals surface area contributed by atoms with Crippen LogP contribution in [-0.4, -0.2) is 19.8 Å². The zero-order valence-corrected chi connectivity index (χ0v) is 25.4. The highest BCUT2D eigenvalue weighted by atomic mass is 16.5. The summed E-state index contributed by atoms with van der Waals surface area (Å²) in [5, 5.41) is 0. The Labute approximate surface area is 262 Å². The molecule has 0 unspecified atom stereocenters. The molecule has 0 aliphatic carbocycles. The number of hydrogen-bond donors (Lipinski definition) is 0. The average Bonchev–Trinajstić information content (AvgIpc) is 3.07. The summed E-state index contributed by atoms with van der Waals surface area (Å²) in [6.07, 6.45) is 6.65. The van der Waals surface area contributed by atoms with Gasteiger partial charge in [-0.2, -0.15) is 0 Å². The maximum Gasteiger partial charge on any atom is 0.119 e. The smallest absolute Gasteiger partial charge is 0.119 e. The van der Waals surface area contributed by atoms with Crippen LogP contribution in [0.5, 0.6) is 5.75 Å². The van der Waals surface area contributed by atoms with Crippen molar-refractivity contribution in [3.63, 3.8) is 0 Å². The third-order valence-electron chi connectivity index (χ3n) is 7.34. The van der Waals surface area contributed by atoms with Gasteiger partial charge in [-0.15, -0.1) is 6.58 Å². The minimum atomic E-state index is 0.488. The molecule has 220 valence electrons. The lowest BCUT2D eigenvalue weighted by molar-refractivity contribution is 0.166. The zero-order valence-electron chi connectivity index (χ0n) is 25.4. The van der Waals surface area contributed by atoms with E-state index < -0.39 is 0 Å². The summed E-state index contributed by atoms with van der Waals surface area (Å²) < 4.78 is 11.3. The maximum atomic E-state index is 5.71. The SMILES string of the molecule is C=CCOCCc1ccc(N(c2ccc(C)cc2)c2ccc(C=C(c3ccccc3)c3ccc(OCC=C)cc3)cc2)cc1. The second-order valence-electron chi connectivity index (χ2n) is 10.6. The first-order valence-corrected chi connectivity index (χ1v) is 15.0. The lowest BCUT2D eigenvalue weighted by Gasteiger charge is -2.26. The number of anilines is 3. The molecule has 5 aromatic carbocycles. The van der Waals surface area contributed by atoms with E-state index in [1.165, 1.54) is 11.1 Å². The molecule has 44 heavy (non-hydrogen) atoms. The third-order valence-corrected chi connectivity index (χ3v) is 7.34. The Bertz CT molecular complexity index is 1650. The van der Waals surface area contributed by atoms with Crippen LogP contribution in [0.4, 0.5) is 17.1 Å². The van der Waals surface area contributed by atoms with Crippen molar-refractivity contribution in [2.45, 2.75) is 13.3 Å². The van der Waals surface area contributed by atoms with Crippen LogP contribution in [0.25, 0.3) is 11.6 Å². The van der Waals surface area contributed by atoms with Gasteiger partial charge < -0.3 is 14.4 Å². The summed E-state index contributed by atoms with van der Waals surface area (Å²) in [4.78, 5) is 2.30. The molecule has 0 fully saturated rings. The summed E-state index contributed by atoms with van der Waals surface area (Å²) >= 11 is 0. The van der Waals surface area contributed by atoms with Crippen LogP contribution >= 0.6 is 0 Å². The lowest BCUT2D eigenvalue weighted by Crippen LogP contribution is -2.10. The topological polar surface area (TPSA) is 21.7 Å². The third kappa shape index (κ3) is 8.03. The first-order valence-electron chi connectivity index (χ1n) is 15.0. The zero-order chi connectivity index (χ0) is 30.6. The van der Waals surface area contributed by atoms with Crippen LogP contribution in [0.3, 0.4) is 0 Å². The molecule has 0 aliphatic heterocycles. The fraction of sp³-hybridized carbons (Fsp3) is 0.122. The van der Waals surface area contributed by atoms with Crippen LogP contribution in [0, 0.1) is 6.92 Å². The Morgan fingerprint density at radius 2 is 1.20 bits per heavy atom. The Balaban J connectivity index is 1.45. The summed E-state index contributed by atoms with van der Waals surface area (Å²) in [6, 6.07) is 44.9. The van der Waals surface area contributed by atoms with Crippen molar-refractivity contribution in [3.8, 4) is 5.75 Å². The largest absolute Gasteiger partial charge is 0.490 e. The molecule has 5 rings (SSSR count). The summed E-state index contributed by atoms with van der Waals surface area (Å²) in [5.74, 6) is 0.829. The van der Waals surface area contributed by atoms with Crippen LogP contribution < -0.4 is 9.64 Å².